The molecule has 0 fully saturated rings. The van der Waals surface area contributed by atoms with Crippen LogP contribution in [0.1, 0.15) is 35.4 Å². The van der Waals surface area contributed by atoms with Crippen molar-refractivity contribution in [1.29, 1.82) is 0 Å². The van der Waals surface area contributed by atoms with Crippen molar-refractivity contribution in [3.05, 3.63) is 40.6 Å². The Labute approximate surface area is 171 Å². The highest BCUT2D eigenvalue weighted by Crippen LogP contribution is 2.30. The van der Waals surface area contributed by atoms with E-state index in [0.29, 0.717) is 34.1 Å². The molecule has 1 amide bonds. The van der Waals surface area contributed by atoms with Crippen LogP contribution in [0.15, 0.2) is 28.8 Å². The molecule has 0 radical (unpaired) electrons. The maximum Gasteiger partial charge on any atom is 0.257 e. The molecule has 1 aromatic heterocycles. The van der Waals surface area contributed by atoms with E-state index in [9.17, 15) is 4.79 Å². The maximum atomic E-state index is 12.6. The van der Waals surface area contributed by atoms with Gasteiger partial charge in [0.1, 0.15) is 17.0 Å². The summed E-state index contributed by atoms with van der Waals surface area (Å²) in [5.74, 6) is 0.283. The second-order valence-electron chi connectivity index (χ2n) is 6.55. The first-order valence-electron chi connectivity index (χ1n) is 9.76. The average molecular weight is 408 g/mol. The van der Waals surface area contributed by atoms with Gasteiger partial charge in [0, 0.05) is 12.1 Å². The Balaban J connectivity index is 1.70. The number of amides is 1. The maximum absolute atomic E-state index is 12.6. The first-order chi connectivity index (χ1) is 13.6. The van der Waals surface area contributed by atoms with E-state index < -0.39 is 0 Å². The molecule has 0 saturated heterocycles. The molecule has 7 nitrogen and oxygen atoms in total. The number of rotatable bonds is 13. The third kappa shape index (κ3) is 6.91. The number of nitrogens with two attached hydrogens (primary N) is 1. The smallest absolute Gasteiger partial charge is 0.257 e. The summed E-state index contributed by atoms with van der Waals surface area (Å²) >= 11 is 6.24. The van der Waals surface area contributed by atoms with Gasteiger partial charge in [0.05, 0.1) is 5.02 Å². The van der Waals surface area contributed by atoms with E-state index in [0.717, 1.165) is 52.0 Å². The summed E-state index contributed by atoms with van der Waals surface area (Å²) in [6.07, 6.45) is 2.92. The van der Waals surface area contributed by atoms with Crippen molar-refractivity contribution in [1.82, 2.24) is 21.1 Å². The number of hydrogen-bond acceptors (Lipinski definition) is 6. The number of carbonyl (C=O) groups is 1. The average Bonchev–Trinajstić information content (AvgIpc) is 3.07. The van der Waals surface area contributed by atoms with Gasteiger partial charge in [-0.1, -0.05) is 35.0 Å². The SMILES string of the molecule is Cc1onc(-c2ccccc2Cl)c1C(=O)NCCCNCCCNCCCN. The summed E-state index contributed by atoms with van der Waals surface area (Å²) in [6.45, 7) is 6.79. The Kier molecular flexibility index (Phi) is 9.99. The van der Waals surface area contributed by atoms with Gasteiger partial charge in [-0.3, -0.25) is 4.79 Å². The van der Waals surface area contributed by atoms with E-state index in [2.05, 4.69) is 21.1 Å². The molecular formula is C20H30ClN5O2. The van der Waals surface area contributed by atoms with Gasteiger partial charge in [0.2, 0.25) is 0 Å². The third-order valence-electron chi connectivity index (χ3n) is 4.30. The van der Waals surface area contributed by atoms with E-state index in [4.69, 9.17) is 21.9 Å². The zero-order valence-electron chi connectivity index (χ0n) is 16.4. The van der Waals surface area contributed by atoms with Crippen molar-refractivity contribution in [2.75, 3.05) is 39.3 Å². The lowest BCUT2D eigenvalue weighted by molar-refractivity contribution is 0.0952. The van der Waals surface area contributed by atoms with Gasteiger partial charge >= 0.3 is 0 Å². The van der Waals surface area contributed by atoms with Crippen molar-refractivity contribution in [3.8, 4) is 11.3 Å². The number of halogens is 1. The first kappa shape index (κ1) is 22.4. The van der Waals surface area contributed by atoms with Crippen LogP contribution in [-0.4, -0.2) is 50.3 Å². The molecule has 28 heavy (non-hydrogen) atoms. The molecule has 8 heteroatoms. The largest absolute Gasteiger partial charge is 0.360 e. The zero-order valence-corrected chi connectivity index (χ0v) is 17.1. The molecule has 1 heterocycles. The van der Waals surface area contributed by atoms with Gasteiger partial charge in [0.15, 0.2) is 0 Å². The Hall–Kier alpha value is -1.93. The number of carbonyl (C=O) groups excluding carboxylic acids is 1. The van der Waals surface area contributed by atoms with Crippen LogP contribution >= 0.6 is 11.6 Å². The topological polar surface area (TPSA) is 105 Å². The van der Waals surface area contributed by atoms with Gasteiger partial charge in [-0.25, -0.2) is 0 Å². The second-order valence-corrected chi connectivity index (χ2v) is 6.95. The third-order valence-corrected chi connectivity index (χ3v) is 4.63. The number of nitrogens with zero attached hydrogens (tertiary/aromatic N) is 1. The molecule has 1 aromatic carbocycles. The Bertz CT molecular complexity index is 735. The summed E-state index contributed by atoms with van der Waals surface area (Å²) in [5.41, 5.74) is 7.04. The Morgan fingerprint density at radius 3 is 2.39 bits per heavy atom. The Morgan fingerprint density at radius 1 is 1.07 bits per heavy atom. The summed E-state index contributed by atoms with van der Waals surface area (Å²) in [4.78, 5) is 12.6. The number of aryl methyl sites for hydroxylation is 1. The molecule has 154 valence electrons. The normalized spacial score (nSPS) is 11.0. The first-order valence-corrected chi connectivity index (χ1v) is 10.1. The van der Waals surface area contributed by atoms with E-state index in [1.807, 2.05) is 18.2 Å². The quantitative estimate of drug-likeness (QED) is 0.380. The fraction of sp³-hybridized carbons (Fsp3) is 0.500. The highest BCUT2D eigenvalue weighted by molar-refractivity contribution is 6.33. The van der Waals surface area contributed by atoms with E-state index >= 15 is 0 Å². The van der Waals surface area contributed by atoms with Crippen molar-refractivity contribution in [2.24, 2.45) is 5.73 Å². The molecule has 0 spiro atoms. The van der Waals surface area contributed by atoms with E-state index in [-0.39, 0.29) is 5.91 Å². The van der Waals surface area contributed by atoms with Crippen LogP contribution in [0.25, 0.3) is 11.3 Å². The number of hydrogen-bond donors (Lipinski definition) is 4. The Morgan fingerprint density at radius 2 is 1.71 bits per heavy atom. The van der Waals surface area contributed by atoms with Crippen molar-refractivity contribution in [2.45, 2.75) is 26.2 Å². The molecule has 0 atom stereocenters. The van der Waals surface area contributed by atoms with Gasteiger partial charge in [-0.15, -0.1) is 0 Å². The van der Waals surface area contributed by atoms with Gasteiger partial charge in [0.25, 0.3) is 5.91 Å². The minimum Gasteiger partial charge on any atom is -0.360 e. The molecule has 0 unspecified atom stereocenters. The van der Waals surface area contributed by atoms with Gasteiger partial charge in [-0.05, 0) is 65.0 Å². The van der Waals surface area contributed by atoms with E-state index in [1.165, 1.54) is 0 Å². The molecule has 5 N–H and O–H groups in total. The number of nitrogens with one attached hydrogen (secondary N) is 3. The predicted octanol–water partition coefficient (Wildman–Crippen LogP) is 2.34. The van der Waals surface area contributed by atoms with Crippen LogP contribution in [0.5, 0.6) is 0 Å². The minimum atomic E-state index is -0.197. The molecule has 0 aliphatic heterocycles. The molecule has 2 aromatic rings. The van der Waals surface area contributed by atoms with Gasteiger partial charge in [-0.2, -0.15) is 0 Å². The zero-order chi connectivity index (χ0) is 20.2. The lowest BCUT2D eigenvalue weighted by atomic mass is 10.1. The molecule has 2 rings (SSSR count). The summed E-state index contributed by atoms with van der Waals surface area (Å²) < 4.78 is 5.24. The second kappa shape index (κ2) is 12.5. The van der Waals surface area contributed by atoms with Gasteiger partial charge < -0.3 is 26.2 Å². The van der Waals surface area contributed by atoms with Crippen molar-refractivity contribution >= 4 is 17.5 Å². The lowest BCUT2D eigenvalue weighted by Crippen LogP contribution is -2.29. The number of aromatic nitrogens is 1. The van der Waals surface area contributed by atoms with Crippen LogP contribution in [0.3, 0.4) is 0 Å². The highest BCUT2D eigenvalue weighted by Gasteiger charge is 2.22. The molecule has 0 aliphatic rings. The van der Waals surface area contributed by atoms with E-state index in [1.54, 1.807) is 13.0 Å². The molecular weight excluding hydrogens is 378 g/mol. The lowest BCUT2D eigenvalue weighted by Gasteiger charge is -2.08. The number of benzene rings is 1. The van der Waals surface area contributed by atoms with Crippen LogP contribution in [0.4, 0.5) is 0 Å². The van der Waals surface area contributed by atoms with Crippen molar-refractivity contribution in [3.63, 3.8) is 0 Å². The summed E-state index contributed by atoms with van der Waals surface area (Å²) in [7, 11) is 0. The monoisotopic (exact) mass is 407 g/mol. The predicted molar refractivity (Wildman–Crippen MR) is 113 cm³/mol. The van der Waals surface area contributed by atoms with Crippen LogP contribution < -0.4 is 21.7 Å². The fourth-order valence-electron chi connectivity index (χ4n) is 2.80. The summed E-state index contributed by atoms with van der Waals surface area (Å²) in [5, 5.41) is 14.2. The fourth-order valence-corrected chi connectivity index (χ4v) is 3.02. The molecule has 0 saturated carbocycles. The van der Waals surface area contributed by atoms with Crippen molar-refractivity contribution < 1.29 is 9.32 Å². The van der Waals surface area contributed by atoms with Crippen LogP contribution in [0, 0.1) is 6.92 Å². The standard InChI is InChI=1S/C20H30ClN5O2/c1-15-18(19(26-28-15)16-7-2-3-8-17(16)21)20(27)25-14-6-13-24-12-5-11-23-10-4-9-22/h2-3,7-8,23-24H,4-6,9-14,22H2,1H3,(H,25,27). The summed E-state index contributed by atoms with van der Waals surface area (Å²) in [6, 6.07) is 7.28. The minimum absolute atomic E-state index is 0.197. The van der Waals surface area contributed by atoms with Crippen LogP contribution in [-0.2, 0) is 0 Å². The molecule has 0 aliphatic carbocycles. The highest BCUT2D eigenvalue weighted by atomic mass is 35.5. The molecule has 0 bridgehead atoms. The van der Waals surface area contributed by atoms with Crippen LogP contribution in [0.2, 0.25) is 5.02 Å².